The van der Waals surface area contributed by atoms with Gasteiger partial charge in [0.2, 0.25) is 0 Å². The van der Waals surface area contributed by atoms with Crippen LogP contribution in [0.5, 0.6) is 0 Å². The summed E-state index contributed by atoms with van der Waals surface area (Å²) in [6.07, 6.45) is 1.86. The lowest BCUT2D eigenvalue weighted by atomic mass is 9.98. The minimum absolute atomic E-state index is 0.867. The third-order valence-electron chi connectivity index (χ3n) is 8.77. The van der Waals surface area contributed by atoms with Gasteiger partial charge >= 0.3 is 0 Å². The normalized spacial score (nSPS) is 11.4. The first-order valence-corrected chi connectivity index (χ1v) is 16.5. The highest BCUT2D eigenvalue weighted by Gasteiger charge is 2.15. The van der Waals surface area contributed by atoms with Crippen molar-refractivity contribution in [1.82, 2.24) is 4.98 Å². The van der Waals surface area contributed by atoms with Crippen LogP contribution in [0.25, 0.3) is 64.8 Å². The van der Waals surface area contributed by atoms with E-state index in [2.05, 4.69) is 149 Å². The Hall–Kier alpha value is -5.97. The van der Waals surface area contributed by atoms with Gasteiger partial charge in [0.05, 0.1) is 0 Å². The van der Waals surface area contributed by atoms with Crippen LogP contribution >= 0.6 is 11.3 Å². The number of thiophene rings is 1. The minimum Gasteiger partial charge on any atom is -0.456 e. The van der Waals surface area contributed by atoms with E-state index in [-0.39, 0.29) is 0 Å². The molecule has 9 rings (SSSR count). The molecule has 0 amide bonds. The smallest absolute Gasteiger partial charge is 0.135 e. The van der Waals surface area contributed by atoms with E-state index in [1.165, 1.54) is 37.7 Å². The molecular formula is C43H28N2OS. The molecule has 47 heavy (non-hydrogen) atoms. The molecule has 0 unspecified atom stereocenters. The van der Waals surface area contributed by atoms with Gasteiger partial charge in [-0.05, 0) is 100 Å². The minimum atomic E-state index is 0.867. The zero-order valence-corrected chi connectivity index (χ0v) is 26.2. The molecule has 3 aromatic heterocycles. The number of anilines is 3. The second kappa shape index (κ2) is 11.4. The highest BCUT2D eigenvalue weighted by Crippen LogP contribution is 2.40. The lowest BCUT2D eigenvalue weighted by Crippen LogP contribution is -2.09. The maximum atomic E-state index is 6.17. The molecule has 0 aliphatic heterocycles. The molecule has 0 fully saturated rings. The van der Waals surface area contributed by atoms with E-state index in [0.717, 1.165) is 44.2 Å². The molecule has 0 spiro atoms. The third kappa shape index (κ3) is 5.05. The van der Waals surface area contributed by atoms with Gasteiger partial charge in [-0.25, -0.2) is 4.98 Å². The van der Waals surface area contributed by atoms with Gasteiger partial charge in [0, 0.05) is 44.5 Å². The van der Waals surface area contributed by atoms with Crippen LogP contribution in [0.1, 0.15) is 0 Å². The Morgan fingerprint density at radius 1 is 0.489 bits per heavy atom. The number of hydrogen-bond acceptors (Lipinski definition) is 4. The van der Waals surface area contributed by atoms with E-state index in [0.29, 0.717) is 0 Å². The summed E-state index contributed by atoms with van der Waals surface area (Å²) in [6, 6.07) is 58.0. The van der Waals surface area contributed by atoms with Crippen LogP contribution in [0.4, 0.5) is 17.1 Å². The maximum absolute atomic E-state index is 6.17. The average molecular weight is 621 g/mol. The third-order valence-corrected chi connectivity index (χ3v) is 9.87. The monoisotopic (exact) mass is 620 g/mol. The van der Waals surface area contributed by atoms with Gasteiger partial charge in [-0.15, -0.1) is 11.3 Å². The fourth-order valence-electron chi connectivity index (χ4n) is 6.40. The molecule has 3 heterocycles. The van der Waals surface area contributed by atoms with Crippen molar-refractivity contribution in [2.75, 3.05) is 4.90 Å². The zero-order chi connectivity index (χ0) is 31.2. The molecule has 0 atom stereocenters. The topological polar surface area (TPSA) is 29.3 Å². The first-order valence-electron chi connectivity index (χ1n) is 15.7. The van der Waals surface area contributed by atoms with Gasteiger partial charge in [0.15, 0.2) is 0 Å². The Kier molecular flexibility index (Phi) is 6.65. The quantitative estimate of drug-likeness (QED) is 0.185. The van der Waals surface area contributed by atoms with Crippen molar-refractivity contribution >= 4 is 60.4 Å². The van der Waals surface area contributed by atoms with Crippen LogP contribution in [-0.4, -0.2) is 4.98 Å². The summed E-state index contributed by atoms with van der Waals surface area (Å²) >= 11 is 1.72. The van der Waals surface area contributed by atoms with Crippen LogP contribution in [-0.2, 0) is 0 Å². The highest BCUT2D eigenvalue weighted by atomic mass is 32.1. The zero-order valence-electron chi connectivity index (χ0n) is 25.4. The Balaban J connectivity index is 1.10. The fraction of sp³-hybridized carbons (Fsp3) is 0. The number of benzene rings is 6. The molecule has 0 aliphatic carbocycles. The second-order valence-corrected chi connectivity index (χ2v) is 12.7. The molecule has 0 aliphatic rings. The molecule has 0 saturated carbocycles. The molecule has 3 nitrogen and oxygen atoms in total. The number of nitrogens with zero attached hydrogens (tertiary/aromatic N) is 2. The van der Waals surface area contributed by atoms with E-state index in [4.69, 9.17) is 4.42 Å². The summed E-state index contributed by atoms with van der Waals surface area (Å²) in [6.45, 7) is 0. The van der Waals surface area contributed by atoms with Crippen molar-refractivity contribution in [2.24, 2.45) is 0 Å². The number of fused-ring (bicyclic) bond motifs is 3. The molecule has 0 N–H and O–H groups in total. The molecule has 9 aromatic rings. The van der Waals surface area contributed by atoms with Crippen LogP contribution in [0.3, 0.4) is 0 Å². The van der Waals surface area contributed by atoms with Crippen LogP contribution in [0, 0.1) is 0 Å². The molecule has 0 saturated heterocycles. The lowest BCUT2D eigenvalue weighted by Gasteiger charge is -2.26. The first kappa shape index (κ1) is 27.3. The average Bonchev–Trinajstić information content (AvgIpc) is 3.78. The number of aromatic nitrogens is 1. The van der Waals surface area contributed by atoms with Gasteiger partial charge < -0.3 is 9.32 Å². The van der Waals surface area contributed by atoms with Gasteiger partial charge in [-0.2, -0.15) is 0 Å². The van der Waals surface area contributed by atoms with Gasteiger partial charge in [-0.1, -0.05) is 91.0 Å². The van der Waals surface area contributed by atoms with Gasteiger partial charge in [0.1, 0.15) is 16.2 Å². The summed E-state index contributed by atoms with van der Waals surface area (Å²) < 4.78 is 6.17. The van der Waals surface area contributed by atoms with Crippen molar-refractivity contribution in [2.45, 2.75) is 0 Å². The standard InChI is InChI=1S/C43H28N2OS/c1-3-11-38-29(7-1)9-5-12-39(38)30-14-20-35(21-15-30)45(36-22-16-31(17-23-36)41-27-33-8-2-4-13-40(33)46-41)37-24-18-32(19-25-37)42-28-34-10-6-26-44-43(34)47-42/h1-28H. The fourth-order valence-corrected chi connectivity index (χ4v) is 7.41. The first-order chi connectivity index (χ1) is 23.3. The number of rotatable bonds is 6. The summed E-state index contributed by atoms with van der Waals surface area (Å²) in [5.74, 6) is 0.867. The van der Waals surface area contributed by atoms with E-state index in [1.54, 1.807) is 11.3 Å². The van der Waals surface area contributed by atoms with Crippen LogP contribution < -0.4 is 4.90 Å². The number of pyridine rings is 1. The highest BCUT2D eigenvalue weighted by molar-refractivity contribution is 7.21. The lowest BCUT2D eigenvalue weighted by molar-refractivity contribution is 0.631. The molecular weight excluding hydrogens is 593 g/mol. The predicted molar refractivity (Wildman–Crippen MR) is 198 cm³/mol. The van der Waals surface area contributed by atoms with Crippen molar-refractivity contribution in [3.63, 3.8) is 0 Å². The van der Waals surface area contributed by atoms with Crippen molar-refractivity contribution in [3.05, 3.63) is 170 Å². The van der Waals surface area contributed by atoms with E-state index in [9.17, 15) is 0 Å². The molecule has 222 valence electrons. The summed E-state index contributed by atoms with van der Waals surface area (Å²) in [5.41, 5.74) is 8.80. The van der Waals surface area contributed by atoms with E-state index in [1.807, 2.05) is 30.5 Å². The molecule has 0 bridgehead atoms. The van der Waals surface area contributed by atoms with Gasteiger partial charge in [0.25, 0.3) is 0 Å². The number of para-hydroxylation sites is 1. The number of furan rings is 1. The maximum Gasteiger partial charge on any atom is 0.135 e. The van der Waals surface area contributed by atoms with Crippen LogP contribution in [0.15, 0.2) is 174 Å². The number of hydrogen-bond donors (Lipinski definition) is 0. The van der Waals surface area contributed by atoms with Crippen molar-refractivity contribution in [3.8, 4) is 32.9 Å². The Morgan fingerprint density at radius 2 is 1.11 bits per heavy atom. The summed E-state index contributed by atoms with van der Waals surface area (Å²) in [7, 11) is 0. The summed E-state index contributed by atoms with van der Waals surface area (Å²) in [5, 5.41) is 4.78. The largest absolute Gasteiger partial charge is 0.456 e. The molecule has 4 heteroatoms. The Morgan fingerprint density at radius 3 is 1.83 bits per heavy atom. The molecule has 6 aromatic carbocycles. The Bertz CT molecular complexity index is 2320. The SMILES string of the molecule is c1ccc2oc(-c3ccc(N(c4ccc(-c5cc6cccnc6s5)cc4)c4ccc(-c5cccc6ccccc56)cc4)cc3)cc2c1. The van der Waals surface area contributed by atoms with E-state index >= 15 is 0 Å². The van der Waals surface area contributed by atoms with Crippen LogP contribution in [0.2, 0.25) is 0 Å². The Labute approximate surface area is 276 Å². The molecule has 0 radical (unpaired) electrons. The second-order valence-electron chi connectivity index (χ2n) is 11.7. The van der Waals surface area contributed by atoms with Gasteiger partial charge in [-0.3, -0.25) is 0 Å². The summed E-state index contributed by atoms with van der Waals surface area (Å²) in [4.78, 5) is 9.13. The van der Waals surface area contributed by atoms with Crippen molar-refractivity contribution in [1.29, 1.82) is 0 Å². The predicted octanol–water partition coefficient (Wildman–Crippen LogP) is 12.7. The van der Waals surface area contributed by atoms with Crippen molar-refractivity contribution < 1.29 is 4.42 Å². The van der Waals surface area contributed by atoms with E-state index < -0.39 is 0 Å².